The molecule has 1 aromatic carbocycles. The minimum absolute atomic E-state index is 0.111. The van der Waals surface area contributed by atoms with Crippen LogP contribution < -0.4 is 5.32 Å². The lowest BCUT2D eigenvalue weighted by molar-refractivity contribution is 0.0943. The molecule has 0 aromatic heterocycles. The van der Waals surface area contributed by atoms with E-state index in [2.05, 4.69) is 21.2 Å². The highest BCUT2D eigenvalue weighted by molar-refractivity contribution is 9.09. The van der Waals surface area contributed by atoms with Gasteiger partial charge in [-0.1, -0.05) is 22.4 Å². The van der Waals surface area contributed by atoms with E-state index in [4.69, 9.17) is 0 Å². The summed E-state index contributed by atoms with van der Waals surface area (Å²) in [7, 11) is 0. The minimum atomic E-state index is -0.272. The maximum Gasteiger partial charge on any atom is 0.251 e. The Hall–Kier alpha value is -0.900. The number of benzene rings is 1. The quantitative estimate of drug-likeness (QED) is 0.840. The smallest absolute Gasteiger partial charge is 0.251 e. The van der Waals surface area contributed by atoms with Crippen molar-refractivity contribution in [2.24, 2.45) is 5.92 Å². The zero-order valence-corrected chi connectivity index (χ0v) is 12.7. The van der Waals surface area contributed by atoms with Gasteiger partial charge in [-0.3, -0.25) is 4.79 Å². The van der Waals surface area contributed by atoms with Crippen LogP contribution in [0.25, 0.3) is 0 Å². The zero-order valence-electron chi connectivity index (χ0n) is 11.1. The first kappa shape index (κ1) is 14.5. The number of amides is 1. The van der Waals surface area contributed by atoms with Crippen molar-refractivity contribution >= 4 is 21.8 Å². The number of carbonyl (C=O) groups excluding carboxylic acids is 1. The van der Waals surface area contributed by atoms with Crippen LogP contribution in [-0.4, -0.2) is 17.3 Å². The van der Waals surface area contributed by atoms with Crippen molar-refractivity contribution in [1.82, 2.24) is 5.32 Å². The lowest BCUT2D eigenvalue weighted by atomic mass is 9.89. The molecule has 2 rings (SSSR count). The SMILES string of the molecule is Cc1cc(C(=O)NCC2CCCC(Br)C2)ccc1F. The van der Waals surface area contributed by atoms with E-state index in [1.54, 1.807) is 13.0 Å². The summed E-state index contributed by atoms with van der Waals surface area (Å²) in [6.45, 7) is 2.38. The van der Waals surface area contributed by atoms with Gasteiger partial charge in [0.25, 0.3) is 5.91 Å². The molecule has 4 heteroatoms. The van der Waals surface area contributed by atoms with E-state index in [0.29, 0.717) is 28.4 Å². The first-order valence-corrected chi connectivity index (χ1v) is 7.66. The van der Waals surface area contributed by atoms with Crippen molar-refractivity contribution in [3.8, 4) is 0 Å². The van der Waals surface area contributed by atoms with E-state index in [1.165, 1.54) is 31.4 Å². The average molecular weight is 328 g/mol. The topological polar surface area (TPSA) is 29.1 Å². The molecule has 19 heavy (non-hydrogen) atoms. The van der Waals surface area contributed by atoms with Gasteiger partial charge < -0.3 is 5.32 Å². The van der Waals surface area contributed by atoms with Crippen LogP contribution in [0.2, 0.25) is 0 Å². The van der Waals surface area contributed by atoms with Crippen LogP contribution in [0.1, 0.15) is 41.6 Å². The van der Waals surface area contributed by atoms with Crippen LogP contribution in [0, 0.1) is 18.7 Å². The summed E-state index contributed by atoms with van der Waals surface area (Å²) in [6.07, 6.45) is 4.72. The van der Waals surface area contributed by atoms with Crippen molar-refractivity contribution < 1.29 is 9.18 Å². The summed E-state index contributed by atoms with van der Waals surface area (Å²) in [5.41, 5.74) is 1.04. The van der Waals surface area contributed by atoms with Crippen molar-refractivity contribution in [3.63, 3.8) is 0 Å². The van der Waals surface area contributed by atoms with Crippen molar-refractivity contribution in [2.75, 3.05) is 6.54 Å². The Morgan fingerprint density at radius 2 is 2.26 bits per heavy atom. The Kier molecular flexibility index (Phi) is 4.97. The van der Waals surface area contributed by atoms with Gasteiger partial charge in [0.1, 0.15) is 5.82 Å². The van der Waals surface area contributed by atoms with Gasteiger partial charge in [-0.05, 0) is 55.9 Å². The molecule has 0 spiro atoms. The summed E-state index contributed by atoms with van der Waals surface area (Å²) in [4.78, 5) is 12.6. The molecule has 1 aliphatic carbocycles. The lowest BCUT2D eigenvalue weighted by Gasteiger charge is -2.25. The van der Waals surface area contributed by atoms with Crippen LogP contribution in [0.5, 0.6) is 0 Å². The van der Waals surface area contributed by atoms with Crippen LogP contribution in [0.3, 0.4) is 0 Å². The lowest BCUT2D eigenvalue weighted by Crippen LogP contribution is -2.32. The number of nitrogens with one attached hydrogen (secondary N) is 1. The Morgan fingerprint density at radius 3 is 2.95 bits per heavy atom. The van der Waals surface area contributed by atoms with Gasteiger partial charge in [-0.2, -0.15) is 0 Å². The van der Waals surface area contributed by atoms with E-state index >= 15 is 0 Å². The van der Waals surface area contributed by atoms with Crippen molar-refractivity contribution in [3.05, 3.63) is 35.1 Å². The molecule has 1 aliphatic rings. The third-order valence-electron chi connectivity index (χ3n) is 3.69. The van der Waals surface area contributed by atoms with E-state index in [0.717, 1.165) is 6.42 Å². The third-order valence-corrected chi connectivity index (χ3v) is 4.52. The molecule has 2 unspecified atom stereocenters. The van der Waals surface area contributed by atoms with Crippen molar-refractivity contribution in [2.45, 2.75) is 37.4 Å². The third kappa shape index (κ3) is 4.03. The Labute approximate surface area is 121 Å². The molecule has 1 N–H and O–H groups in total. The number of hydrogen-bond donors (Lipinski definition) is 1. The molecule has 2 atom stereocenters. The number of alkyl halides is 1. The highest BCUT2D eigenvalue weighted by Gasteiger charge is 2.20. The predicted octanol–water partition coefficient (Wildman–Crippen LogP) is 3.82. The normalized spacial score (nSPS) is 23.1. The largest absolute Gasteiger partial charge is 0.352 e. The van der Waals surface area contributed by atoms with Crippen LogP contribution in [0.4, 0.5) is 4.39 Å². The molecule has 0 heterocycles. The van der Waals surface area contributed by atoms with E-state index in [1.807, 2.05) is 0 Å². The van der Waals surface area contributed by atoms with Gasteiger partial charge in [0, 0.05) is 16.9 Å². The Bertz CT molecular complexity index is 463. The van der Waals surface area contributed by atoms with Gasteiger partial charge in [0.2, 0.25) is 0 Å². The summed E-state index contributed by atoms with van der Waals surface area (Å²) in [5, 5.41) is 2.95. The van der Waals surface area contributed by atoms with E-state index < -0.39 is 0 Å². The number of rotatable bonds is 3. The second-order valence-electron chi connectivity index (χ2n) is 5.30. The van der Waals surface area contributed by atoms with E-state index in [9.17, 15) is 9.18 Å². The predicted molar refractivity (Wildman–Crippen MR) is 78.1 cm³/mol. The van der Waals surface area contributed by atoms with Gasteiger partial charge in [-0.25, -0.2) is 4.39 Å². The fourth-order valence-electron chi connectivity index (χ4n) is 2.54. The molecule has 104 valence electrons. The maximum absolute atomic E-state index is 13.1. The molecule has 2 nitrogen and oxygen atoms in total. The second-order valence-corrected chi connectivity index (χ2v) is 6.60. The maximum atomic E-state index is 13.1. The van der Waals surface area contributed by atoms with Crippen molar-refractivity contribution in [1.29, 1.82) is 0 Å². The number of halogens is 2. The summed E-state index contributed by atoms with van der Waals surface area (Å²) < 4.78 is 13.1. The molecule has 0 aliphatic heterocycles. The van der Waals surface area contributed by atoms with Gasteiger partial charge in [0.15, 0.2) is 0 Å². The molecular weight excluding hydrogens is 309 g/mol. The summed E-state index contributed by atoms with van der Waals surface area (Å²) in [6, 6.07) is 4.48. The van der Waals surface area contributed by atoms with Crippen LogP contribution >= 0.6 is 15.9 Å². The molecule has 1 saturated carbocycles. The van der Waals surface area contributed by atoms with Gasteiger partial charge in [-0.15, -0.1) is 0 Å². The van der Waals surface area contributed by atoms with Gasteiger partial charge >= 0.3 is 0 Å². The average Bonchev–Trinajstić information content (AvgIpc) is 2.39. The van der Waals surface area contributed by atoms with E-state index in [-0.39, 0.29) is 11.7 Å². The molecule has 0 saturated heterocycles. The van der Waals surface area contributed by atoms with Crippen LogP contribution in [-0.2, 0) is 0 Å². The molecule has 1 amide bonds. The van der Waals surface area contributed by atoms with Crippen LogP contribution in [0.15, 0.2) is 18.2 Å². The fraction of sp³-hybridized carbons (Fsp3) is 0.533. The molecule has 0 bridgehead atoms. The van der Waals surface area contributed by atoms with Gasteiger partial charge in [0.05, 0.1) is 0 Å². The molecular formula is C15H19BrFNO. The highest BCUT2D eigenvalue weighted by atomic mass is 79.9. The molecule has 1 aromatic rings. The minimum Gasteiger partial charge on any atom is -0.352 e. The first-order chi connectivity index (χ1) is 9.06. The zero-order chi connectivity index (χ0) is 13.8. The monoisotopic (exact) mass is 327 g/mol. The second kappa shape index (κ2) is 6.51. The number of aryl methyl sites for hydroxylation is 1. The summed E-state index contributed by atoms with van der Waals surface area (Å²) in [5.74, 6) is 0.161. The Morgan fingerprint density at radius 1 is 1.47 bits per heavy atom. The highest BCUT2D eigenvalue weighted by Crippen LogP contribution is 2.28. The number of hydrogen-bond acceptors (Lipinski definition) is 1. The summed E-state index contributed by atoms with van der Waals surface area (Å²) >= 11 is 3.64. The first-order valence-electron chi connectivity index (χ1n) is 6.74. The standard InChI is InChI=1S/C15H19BrFNO/c1-10-7-12(5-6-14(10)17)15(19)18-9-11-3-2-4-13(16)8-11/h5-7,11,13H,2-4,8-9H2,1H3,(H,18,19). The number of carbonyl (C=O) groups is 1. The molecule has 1 fully saturated rings. The Balaban J connectivity index is 1.88. The fourth-order valence-corrected chi connectivity index (χ4v) is 3.39. The molecule has 0 radical (unpaired) electrons.